The van der Waals surface area contributed by atoms with Crippen LogP contribution in [0.4, 0.5) is 5.69 Å². The number of aryl methyl sites for hydroxylation is 1. The van der Waals surface area contributed by atoms with Gasteiger partial charge in [0, 0.05) is 28.6 Å². The van der Waals surface area contributed by atoms with Crippen molar-refractivity contribution >= 4 is 51.9 Å². The summed E-state index contributed by atoms with van der Waals surface area (Å²) in [6, 6.07) is 10.8. The van der Waals surface area contributed by atoms with Crippen molar-refractivity contribution < 1.29 is 9.59 Å². The van der Waals surface area contributed by atoms with Crippen LogP contribution in [-0.4, -0.2) is 44.9 Å². The number of nitrogens with one attached hydrogen (secondary N) is 2. The summed E-state index contributed by atoms with van der Waals surface area (Å²) in [5.41, 5.74) is 3.74. The van der Waals surface area contributed by atoms with Crippen LogP contribution in [0.2, 0.25) is 5.02 Å². The van der Waals surface area contributed by atoms with Crippen molar-refractivity contribution in [3.05, 3.63) is 58.4 Å². The number of aromatic amines is 1. The molecule has 2 amide bonds. The average Bonchev–Trinajstić information content (AvgIpc) is 3.36. The highest BCUT2D eigenvalue weighted by Crippen LogP contribution is 2.24. The number of halogens is 1. The van der Waals surface area contributed by atoms with Gasteiger partial charge in [0.05, 0.1) is 22.8 Å². The number of H-pyrrole nitrogens is 1. The second kappa shape index (κ2) is 8.08. The van der Waals surface area contributed by atoms with E-state index in [2.05, 4.69) is 15.3 Å². The number of carbonyl (C=O) groups excluding carboxylic acids is 2. The van der Waals surface area contributed by atoms with Crippen LogP contribution in [0.15, 0.2) is 36.4 Å². The van der Waals surface area contributed by atoms with Crippen molar-refractivity contribution in [2.75, 3.05) is 23.5 Å². The molecule has 1 atom stereocenters. The van der Waals surface area contributed by atoms with Crippen LogP contribution in [0.25, 0.3) is 11.0 Å². The molecule has 1 saturated heterocycles. The van der Waals surface area contributed by atoms with Crippen LogP contribution in [0.1, 0.15) is 34.6 Å². The first-order valence-electron chi connectivity index (χ1n) is 9.36. The van der Waals surface area contributed by atoms with Crippen molar-refractivity contribution in [3.63, 3.8) is 0 Å². The SMILES string of the molecule is Cc1cc(NC(=O)C(C)c2nc3ccc(Cl)cc3[nH]2)ccc1C(=O)N1CCSC1. The Morgan fingerprint density at radius 3 is 2.83 bits per heavy atom. The number of imidazole rings is 1. The number of anilines is 1. The Bertz CT molecular complexity index is 1090. The standard InChI is InChI=1S/C21H21ClN4O2S/c1-12-9-15(4-5-16(12)21(28)26-7-8-29-11-26)23-20(27)13(2)19-24-17-6-3-14(22)10-18(17)25-19/h3-6,9-10,13H,7-8,11H2,1-2H3,(H,23,27)(H,24,25). The molecule has 4 rings (SSSR count). The summed E-state index contributed by atoms with van der Waals surface area (Å²) in [6.45, 7) is 4.46. The number of hydrogen-bond acceptors (Lipinski definition) is 4. The minimum absolute atomic E-state index is 0.0414. The maximum absolute atomic E-state index is 12.7. The molecule has 0 radical (unpaired) electrons. The van der Waals surface area contributed by atoms with E-state index in [0.717, 1.165) is 34.8 Å². The van der Waals surface area contributed by atoms with Crippen LogP contribution < -0.4 is 5.32 Å². The van der Waals surface area contributed by atoms with E-state index < -0.39 is 5.92 Å². The summed E-state index contributed by atoms with van der Waals surface area (Å²) in [5.74, 6) is 1.69. The quantitative estimate of drug-likeness (QED) is 0.645. The molecule has 2 N–H and O–H groups in total. The maximum Gasteiger partial charge on any atom is 0.254 e. The minimum atomic E-state index is -0.468. The van der Waals surface area contributed by atoms with E-state index in [4.69, 9.17) is 11.6 Å². The van der Waals surface area contributed by atoms with Crippen molar-refractivity contribution in [1.82, 2.24) is 14.9 Å². The number of carbonyl (C=O) groups is 2. The van der Waals surface area contributed by atoms with Gasteiger partial charge in [0.15, 0.2) is 0 Å². The topological polar surface area (TPSA) is 78.1 Å². The summed E-state index contributed by atoms with van der Waals surface area (Å²) in [6.07, 6.45) is 0. The van der Waals surface area contributed by atoms with Gasteiger partial charge in [-0.05, 0) is 55.8 Å². The molecule has 1 aliphatic rings. The zero-order chi connectivity index (χ0) is 20.5. The monoisotopic (exact) mass is 428 g/mol. The van der Waals surface area contributed by atoms with Crippen LogP contribution in [0.5, 0.6) is 0 Å². The Kier molecular flexibility index (Phi) is 5.52. The predicted molar refractivity (Wildman–Crippen MR) is 118 cm³/mol. The first kappa shape index (κ1) is 19.8. The van der Waals surface area contributed by atoms with Gasteiger partial charge in [-0.3, -0.25) is 9.59 Å². The number of thioether (sulfide) groups is 1. The second-order valence-corrected chi connectivity index (χ2v) is 8.64. The van der Waals surface area contributed by atoms with E-state index in [1.165, 1.54) is 0 Å². The molecule has 1 aromatic heterocycles. The third-order valence-electron chi connectivity index (χ3n) is 5.03. The molecule has 1 fully saturated rings. The van der Waals surface area contributed by atoms with E-state index in [9.17, 15) is 9.59 Å². The fourth-order valence-electron chi connectivity index (χ4n) is 3.31. The van der Waals surface area contributed by atoms with Gasteiger partial charge in [0.25, 0.3) is 5.91 Å². The molecule has 2 aromatic carbocycles. The molecular formula is C21H21ClN4O2S. The average molecular weight is 429 g/mol. The largest absolute Gasteiger partial charge is 0.341 e. The van der Waals surface area contributed by atoms with Gasteiger partial charge in [-0.2, -0.15) is 0 Å². The lowest BCUT2D eigenvalue weighted by Crippen LogP contribution is -2.28. The van der Waals surface area contributed by atoms with Gasteiger partial charge in [-0.1, -0.05) is 11.6 Å². The van der Waals surface area contributed by atoms with E-state index in [1.54, 1.807) is 43.0 Å². The zero-order valence-electron chi connectivity index (χ0n) is 16.2. The molecule has 1 aliphatic heterocycles. The van der Waals surface area contributed by atoms with E-state index in [0.29, 0.717) is 22.1 Å². The third kappa shape index (κ3) is 4.11. The molecule has 6 nitrogen and oxygen atoms in total. The van der Waals surface area contributed by atoms with Crippen molar-refractivity contribution in [1.29, 1.82) is 0 Å². The highest BCUT2D eigenvalue weighted by Gasteiger charge is 2.22. The molecule has 29 heavy (non-hydrogen) atoms. The van der Waals surface area contributed by atoms with Crippen LogP contribution in [0, 0.1) is 6.92 Å². The Hall–Kier alpha value is -2.51. The van der Waals surface area contributed by atoms with Gasteiger partial charge in [0.2, 0.25) is 5.91 Å². The molecule has 0 bridgehead atoms. The Balaban J connectivity index is 1.48. The van der Waals surface area contributed by atoms with E-state index in [-0.39, 0.29) is 11.8 Å². The number of fused-ring (bicyclic) bond motifs is 1. The number of amides is 2. The number of nitrogens with zero attached hydrogens (tertiary/aromatic N) is 2. The van der Waals surface area contributed by atoms with Gasteiger partial charge in [0.1, 0.15) is 5.82 Å². The minimum Gasteiger partial charge on any atom is -0.341 e. The normalized spacial score (nSPS) is 14.9. The lowest BCUT2D eigenvalue weighted by molar-refractivity contribution is -0.117. The van der Waals surface area contributed by atoms with Crippen molar-refractivity contribution in [2.24, 2.45) is 0 Å². The lowest BCUT2D eigenvalue weighted by atomic mass is 10.1. The molecule has 2 heterocycles. The predicted octanol–water partition coefficient (Wildman–Crippen LogP) is 4.41. The van der Waals surface area contributed by atoms with Gasteiger partial charge in [-0.15, -0.1) is 11.8 Å². The van der Waals surface area contributed by atoms with E-state index in [1.807, 2.05) is 24.0 Å². The molecule has 0 aliphatic carbocycles. The number of hydrogen-bond donors (Lipinski definition) is 2. The second-order valence-electron chi connectivity index (χ2n) is 7.13. The molecule has 8 heteroatoms. The number of benzene rings is 2. The highest BCUT2D eigenvalue weighted by atomic mass is 35.5. The number of rotatable bonds is 4. The lowest BCUT2D eigenvalue weighted by Gasteiger charge is -2.17. The van der Waals surface area contributed by atoms with Crippen molar-refractivity contribution in [3.8, 4) is 0 Å². The number of aromatic nitrogens is 2. The van der Waals surface area contributed by atoms with Gasteiger partial charge in [-0.25, -0.2) is 4.98 Å². The van der Waals surface area contributed by atoms with Crippen LogP contribution in [-0.2, 0) is 4.79 Å². The molecule has 3 aromatic rings. The molecule has 150 valence electrons. The first-order valence-corrected chi connectivity index (χ1v) is 10.9. The Labute approximate surface area is 178 Å². The summed E-state index contributed by atoms with van der Waals surface area (Å²) < 4.78 is 0. The van der Waals surface area contributed by atoms with Crippen molar-refractivity contribution in [2.45, 2.75) is 19.8 Å². The van der Waals surface area contributed by atoms with Crippen LogP contribution >= 0.6 is 23.4 Å². The molecular weight excluding hydrogens is 408 g/mol. The smallest absolute Gasteiger partial charge is 0.254 e. The van der Waals surface area contributed by atoms with Gasteiger partial charge < -0.3 is 15.2 Å². The van der Waals surface area contributed by atoms with Gasteiger partial charge >= 0.3 is 0 Å². The Morgan fingerprint density at radius 1 is 1.28 bits per heavy atom. The highest BCUT2D eigenvalue weighted by molar-refractivity contribution is 7.99. The fraction of sp³-hybridized carbons (Fsp3) is 0.286. The summed E-state index contributed by atoms with van der Waals surface area (Å²) in [4.78, 5) is 34.8. The zero-order valence-corrected chi connectivity index (χ0v) is 17.7. The molecule has 1 unspecified atom stereocenters. The summed E-state index contributed by atoms with van der Waals surface area (Å²) >= 11 is 7.77. The maximum atomic E-state index is 12.7. The molecule has 0 spiro atoms. The van der Waals surface area contributed by atoms with E-state index >= 15 is 0 Å². The summed E-state index contributed by atoms with van der Waals surface area (Å²) in [5, 5.41) is 3.53. The fourth-order valence-corrected chi connectivity index (χ4v) is 4.42. The Morgan fingerprint density at radius 2 is 2.10 bits per heavy atom. The van der Waals surface area contributed by atoms with Crippen LogP contribution in [0.3, 0.4) is 0 Å². The first-order chi connectivity index (χ1) is 13.9. The summed E-state index contributed by atoms with van der Waals surface area (Å²) in [7, 11) is 0. The molecule has 0 saturated carbocycles. The third-order valence-corrected chi connectivity index (χ3v) is 6.23.